The average molecular weight is 630 g/mol. The van der Waals surface area contributed by atoms with Gasteiger partial charge in [-0.25, -0.2) is 0 Å². The van der Waals surface area contributed by atoms with Crippen LogP contribution in [0.3, 0.4) is 0 Å². The van der Waals surface area contributed by atoms with Crippen LogP contribution < -0.4 is 46.6 Å². The van der Waals surface area contributed by atoms with Crippen molar-refractivity contribution in [3.05, 3.63) is 175 Å². The van der Waals surface area contributed by atoms with E-state index in [9.17, 15) is 5.26 Å². The standard InChI is InChI=1S/C43H28BNO2Si/c45-29-31-28-40-42-43(47-39-26-13-11-24-37(39)44(42)36-23-10-12-25-38(36)46-40)41(31)30-15-14-22-35(27-30)48(32-16-4-1-5-17-32,33-18-6-2-7-19-33)34-20-8-3-9-21-34/h1-28H. The first-order valence-electron chi connectivity index (χ1n) is 16.2. The van der Waals surface area contributed by atoms with E-state index in [0.717, 1.165) is 39.0 Å². The zero-order valence-electron chi connectivity index (χ0n) is 26.0. The Balaban J connectivity index is 1.33. The van der Waals surface area contributed by atoms with Crippen LogP contribution in [-0.2, 0) is 0 Å². The lowest BCUT2D eigenvalue weighted by molar-refractivity contribution is 0.465. The quantitative estimate of drug-likeness (QED) is 0.191. The number of hydrogen-bond acceptors (Lipinski definition) is 3. The number of ether oxygens (including phenoxy) is 2. The van der Waals surface area contributed by atoms with Crippen molar-refractivity contribution < 1.29 is 9.47 Å². The van der Waals surface area contributed by atoms with Crippen molar-refractivity contribution in [3.8, 4) is 40.2 Å². The van der Waals surface area contributed by atoms with Gasteiger partial charge in [-0.3, -0.25) is 0 Å². The van der Waals surface area contributed by atoms with Crippen LogP contribution in [0.1, 0.15) is 5.56 Å². The van der Waals surface area contributed by atoms with Crippen LogP contribution in [0.25, 0.3) is 11.1 Å². The van der Waals surface area contributed by atoms with Crippen LogP contribution >= 0.6 is 0 Å². The van der Waals surface area contributed by atoms with E-state index in [4.69, 9.17) is 9.47 Å². The second-order valence-electron chi connectivity index (χ2n) is 12.3. The van der Waals surface area contributed by atoms with E-state index in [2.05, 4.69) is 146 Å². The normalized spacial score (nSPS) is 12.4. The lowest BCUT2D eigenvalue weighted by Gasteiger charge is -2.35. The number of nitrogens with zero attached hydrogens (tertiary/aromatic N) is 1. The summed E-state index contributed by atoms with van der Waals surface area (Å²) in [5.41, 5.74) is 5.40. The van der Waals surface area contributed by atoms with Crippen molar-refractivity contribution in [2.45, 2.75) is 0 Å². The highest BCUT2D eigenvalue weighted by molar-refractivity contribution is 7.20. The molecule has 5 heteroatoms. The number of fused-ring (bicyclic) bond motifs is 4. The molecule has 0 aliphatic carbocycles. The first kappa shape index (κ1) is 28.2. The Kier molecular flexibility index (Phi) is 6.63. The Bertz CT molecular complexity index is 2260. The maximum atomic E-state index is 10.7. The topological polar surface area (TPSA) is 42.2 Å². The van der Waals surface area contributed by atoms with Gasteiger partial charge in [-0.2, -0.15) is 5.26 Å². The summed E-state index contributed by atoms with van der Waals surface area (Å²) < 4.78 is 13.3. The minimum Gasteiger partial charge on any atom is -0.458 e. The number of benzene rings is 7. The summed E-state index contributed by atoms with van der Waals surface area (Å²) in [6.07, 6.45) is 0. The van der Waals surface area contributed by atoms with Crippen LogP contribution in [0.15, 0.2) is 170 Å². The molecule has 0 atom stereocenters. The summed E-state index contributed by atoms with van der Waals surface area (Å²) in [5, 5.41) is 15.8. The van der Waals surface area contributed by atoms with Gasteiger partial charge in [-0.15, -0.1) is 0 Å². The van der Waals surface area contributed by atoms with Crippen molar-refractivity contribution in [2.75, 3.05) is 0 Å². The van der Waals surface area contributed by atoms with Gasteiger partial charge in [0.2, 0.25) is 0 Å². The van der Waals surface area contributed by atoms with Crippen molar-refractivity contribution >= 4 is 51.9 Å². The molecular weight excluding hydrogens is 601 g/mol. The highest BCUT2D eigenvalue weighted by Crippen LogP contribution is 2.42. The SMILES string of the molecule is N#Cc1cc2c3c(c1-c1cccc([Si](c4ccccc4)(c4ccccc4)c4ccccc4)c1)Oc1ccccc1B3c1ccccc1O2. The minimum absolute atomic E-state index is 0.0778. The summed E-state index contributed by atoms with van der Waals surface area (Å²) in [5.74, 6) is 2.96. The fraction of sp³-hybridized carbons (Fsp3) is 0. The molecule has 2 heterocycles. The maximum Gasteiger partial charge on any atom is 0.260 e. The summed E-state index contributed by atoms with van der Waals surface area (Å²) in [4.78, 5) is 0. The summed E-state index contributed by atoms with van der Waals surface area (Å²) in [6.45, 7) is -0.0778. The highest BCUT2D eigenvalue weighted by Gasteiger charge is 2.44. The van der Waals surface area contributed by atoms with Crippen LogP contribution in [0.2, 0.25) is 0 Å². The van der Waals surface area contributed by atoms with Gasteiger partial charge >= 0.3 is 0 Å². The third kappa shape index (κ3) is 4.20. The number of rotatable bonds is 5. The minimum atomic E-state index is -2.80. The van der Waals surface area contributed by atoms with Gasteiger partial charge in [0.25, 0.3) is 6.71 Å². The van der Waals surface area contributed by atoms with E-state index in [1.165, 1.54) is 20.7 Å². The van der Waals surface area contributed by atoms with Gasteiger partial charge in [0.15, 0.2) is 8.07 Å². The Hall–Kier alpha value is -6.09. The van der Waals surface area contributed by atoms with Gasteiger partial charge in [-0.05, 0) is 55.4 Å². The van der Waals surface area contributed by atoms with E-state index in [1.807, 2.05) is 30.3 Å². The molecule has 7 aromatic rings. The second kappa shape index (κ2) is 11.3. The molecule has 9 rings (SSSR count). The van der Waals surface area contributed by atoms with Crippen molar-refractivity contribution in [2.24, 2.45) is 0 Å². The van der Waals surface area contributed by atoms with Crippen LogP contribution in [0, 0.1) is 11.3 Å². The largest absolute Gasteiger partial charge is 0.458 e. The number of para-hydroxylation sites is 2. The molecule has 0 aromatic heterocycles. The predicted molar refractivity (Wildman–Crippen MR) is 198 cm³/mol. The molecule has 3 nitrogen and oxygen atoms in total. The fourth-order valence-corrected chi connectivity index (χ4v) is 12.6. The molecule has 0 amide bonds. The lowest BCUT2D eigenvalue weighted by Crippen LogP contribution is -2.74. The smallest absolute Gasteiger partial charge is 0.260 e. The van der Waals surface area contributed by atoms with Crippen LogP contribution in [-0.4, -0.2) is 14.8 Å². The zero-order chi connectivity index (χ0) is 32.1. The third-order valence-electron chi connectivity index (χ3n) is 9.79. The zero-order valence-corrected chi connectivity index (χ0v) is 27.0. The molecule has 7 aromatic carbocycles. The third-order valence-corrected chi connectivity index (χ3v) is 14.6. The highest BCUT2D eigenvalue weighted by atomic mass is 28.3. The Morgan fingerprint density at radius 3 is 1.54 bits per heavy atom. The van der Waals surface area contributed by atoms with Gasteiger partial charge in [0.05, 0.1) is 5.56 Å². The van der Waals surface area contributed by atoms with E-state index in [-0.39, 0.29) is 6.71 Å². The van der Waals surface area contributed by atoms with E-state index < -0.39 is 8.07 Å². The molecule has 2 aliphatic rings. The fourth-order valence-electron chi connectivity index (χ4n) is 7.79. The lowest BCUT2D eigenvalue weighted by atomic mass is 9.34. The molecule has 48 heavy (non-hydrogen) atoms. The summed E-state index contributed by atoms with van der Waals surface area (Å²) >= 11 is 0. The first-order valence-corrected chi connectivity index (χ1v) is 18.2. The Morgan fingerprint density at radius 2 is 0.979 bits per heavy atom. The molecule has 0 bridgehead atoms. The predicted octanol–water partition coefficient (Wildman–Crippen LogP) is 5.33. The number of hydrogen-bond donors (Lipinski definition) is 0. The molecule has 0 spiro atoms. The molecular formula is C43H28BNO2Si. The Labute approximate surface area is 281 Å². The van der Waals surface area contributed by atoms with Crippen LogP contribution in [0.4, 0.5) is 0 Å². The molecule has 2 aliphatic heterocycles. The summed E-state index contributed by atoms with van der Waals surface area (Å²) in [7, 11) is -2.80. The molecule has 0 radical (unpaired) electrons. The molecule has 0 unspecified atom stereocenters. The molecule has 0 saturated carbocycles. The van der Waals surface area contributed by atoms with E-state index >= 15 is 0 Å². The molecule has 0 saturated heterocycles. The molecule has 224 valence electrons. The summed E-state index contributed by atoms with van der Waals surface area (Å²) in [6, 6.07) is 62.3. The van der Waals surface area contributed by atoms with Crippen molar-refractivity contribution in [1.29, 1.82) is 5.26 Å². The van der Waals surface area contributed by atoms with Crippen molar-refractivity contribution in [1.82, 2.24) is 0 Å². The van der Waals surface area contributed by atoms with E-state index in [0.29, 0.717) is 17.1 Å². The molecule has 0 N–H and O–H groups in total. The Morgan fingerprint density at radius 1 is 0.479 bits per heavy atom. The maximum absolute atomic E-state index is 10.7. The monoisotopic (exact) mass is 629 g/mol. The number of nitriles is 1. The molecule has 0 fully saturated rings. The van der Waals surface area contributed by atoms with E-state index in [1.54, 1.807) is 0 Å². The second-order valence-corrected chi connectivity index (χ2v) is 16.1. The van der Waals surface area contributed by atoms with Gasteiger partial charge in [-0.1, -0.05) is 152 Å². The van der Waals surface area contributed by atoms with Crippen LogP contribution in [0.5, 0.6) is 23.0 Å². The van der Waals surface area contributed by atoms with Gasteiger partial charge < -0.3 is 9.47 Å². The van der Waals surface area contributed by atoms with Crippen molar-refractivity contribution in [3.63, 3.8) is 0 Å². The van der Waals surface area contributed by atoms with Gasteiger partial charge in [0, 0.05) is 11.0 Å². The first-order chi connectivity index (χ1) is 23.8. The van der Waals surface area contributed by atoms with Gasteiger partial charge in [0.1, 0.15) is 29.1 Å². The average Bonchev–Trinajstić information content (AvgIpc) is 3.16.